The molecule has 0 unspecified atom stereocenters. The maximum absolute atomic E-state index is 12.0. The molecule has 7 nitrogen and oxygen atoms in total. The molecule has 0 saturated heterocycles. The first kappa shape index (κ1) is 17.5. The lowest BCUT2D eigenvalue weighted by molar-refractivity contribution is -0.140. The third-order valence-corrected chi connectivity index (χ3v) is 2.85. The highest BCUT2D eigenvalue weighted by atomic mass is 16.4. The van der Waals surface area contributed by atoms with E-state index < -0.39 is 23.9 Å². The fourth-order valence-corrected chi connectivity index (χ4v) is 1.82. The minimum atomic E-state index is -1.26. The molecule has 0 aliphatic carbocycles. The minimum Gasteiger partial charge on any atom is -0.481 e. The highest BCUT2D eigenvalue weighted by molar-refractivity contribution is 5.96. The van der Waals surface area contributed by atoms with Gasteiger partial charge < -0.3 is 20.8 Å². The van der Waals surface area contributed by atoms with Gasteiger partial charge in [-0.25, -0.2) is 4.79 Å². The molecule has 4 N–H and O–H groups in total. The second-order valence-corrected chi connectivity index (χ2v) is 5.17. The van der Waals surface area contributed by atoms with Crippen LogP contribution in [0.5, 0.6) is 0 Å². The molecule has 0 fully saturated rings. The number of carbonyl (C=O) groups is 3. The van der Waals surface area contributed by atoms with Crippen LogP contribution in [0.2, 0.25) is 0 Å². The van der Waals surface area contributed by atoms with Crippen molar-refractivity contribution < 1.29 is 24.6 Å². The molecular formula is C15H20N2O5. The number of aliphatic carboxylic acids is 2. The molecule has 0 spiro atoms. The summed E-state index contributed by atoms with van der Waals surface area (Å²) in [5.74, 6) is -2.91. The van der Waals surface area contributed by atoms with Gasteiger partial charge in [0.2, 0.25) is 0 Å². The van der Waals surface area contributed by atoms with E-state index in [4.69, 9.17) is 10.2 Å². The third-order valence-electron chi connectivity index (χ3n) is 2.85. The molecule has 0 radical (unpaired) electrons. The lowest BCUT2D eigenvalue weighted by Gasteiger charge is -2.14. The zero-order valence-corrected chi connectivity index (χ0v) is 12.5. The Kier molecular flexibility index (Phi) is 6.37. The standard InChI is InChI=1S/C15H20N2O5/c1-9(2)16-11-5-3-10(4-6-11)14(20)17-12(15(21)22)7-8-13(18)19/h3-6,9,12,16H,7-8H2,1-2H3,(H,17,20)(H,18,19)(H,21,22)/t12-/m1/s1. The number of rotatable bonds is 8. The predicted octanol–water partition coefficient (Wildman–Crippen LogP) is 1.55. The van der Waals surface area contributed by atoms with Crippen LogP contribution >= 0.6 is 0 Å². The van der Waals surface area contributed by atoms with Gasteiger partial charge in [0.25, 0.3) is 5.91 Å². The highest BCUT2D eigenvalue weighted by Crippen LogP contribution is 2.11. The van der Waals surface area contributed by atoms with E-state index >= 15 is 0 Å². The lowest BCUT2D eigenvalue weighted by atomic mass is 10.1. The molecule has 1 atom stereocenters. The molecule has 0 bridgehead atoms. The van der Waals surface area contributed by atoms with Gasteiger partial charge in [0.15, 0.2) is 0 Å². The Morgan fingerprint density at radius 3 is 2.14 bits per heavy atom. The summed E-state index contributed by atoms with van der Waals surface area (Å²) in [7, 11) is 0. The minimum absolute atomic E-state index is 0.163. The molecule has 22 heavy (non-hydrogen) atoms. The summed E-state index contributed by atoms with van der Waals surface area (Å²) in [5, 5.41) is 23.1. The van der Waals surface area contributed by atoms with E-state index in [0.717, 1.165) is 5.69 Å². The smallest absolute Gasteiger partial charge is 0.326 e. The van der Waals surface area contributed by atoms with Gasteiger partial charge in [0, 0.05) is 23.7 Å². The average Bonchev–Trinajstić information content (AvgIpc) is 2.42. The van der Waals surface area contributed by atoms with Crippen LogP contribution in [0.25, 0.3) is 0 Å². The van der Waals surface area contributed by atoms with Crippen molar-refractivity contribution in [2.75, 3.05) is 5.32 Å². The van der Waals surface area contributed by atoms with Gasteiger partial charge in [-0.05, 0) is 44.5 Å². The topological polar surface area (TPSA) is 116 Å². The summed E-state index contributed by atoms with van der Waals surface area (Å²) in [4.78, 5) is 33.5. The Morgan fingerprint density at radius 1 is 1.09 bits per heavy atom. The number of anilines is 1. The van der Waals surface area contributed by atoms with Crippen molar-refractivity contribution in [3.05, 3.63) is 29.8 Å². The van der Waals surface area contributed by atoms with Gasteiger partial charge in [0.1, 0.15) is 6.04 Å². The number of amides is 1. The number of carboxylic acids is 2. The molecule has 1 aromatic carbocycles. The van der Waals surface area contributed by atoms with E-state index in [0.29, 0.717) is 5.56 Å². The van der Waals surface area contributed by atoms with Crippen molar-refractivity contribution >= 4 is 23.5 Å². The second-order valence-electron chi connectivity index (χ2n) is 5.17. The lowest BCUT2D eigenvalue weighted by Crippen LogP contribution is -2.41. The number of nitrogens with one attached hydrogen (secondary N) is 2. The number of hydrogen-bond acceptors (Lipinski definition) is 4. The van der Waals surface area contributed by atoms with Gasteiger partial charge in [-0.15, -0.1) is 0 Å². The van der Waals surface area contributed by atoms with Crippen LogP contribution in [0.3, 0.4) is 0 Å². The van der Waals surface area contributed by atoms with Gasteiger partial charge in [-0.2, -0.15) is 0 Å². The van der Waals surface area contributed by atoms with E-state index in [1.807, 2.05) is 13.8 Å². The normalized spacial score (nSPS) is 11.8. The maximum atomic E-state index is 12.0. The van der Waals surface area contributed by atoms with Crippen molar-refractivity contribution in [1.82, 2.24) is 5.32 Å². The summed E-state index contributed by atoms with van der Waals surface area (Å²) in [6.45, 7) is 3.97. The highest BCUT2D eigenvalue weighted by Gasteiger charge is 2.21. The van der Waals surface area contributed by atoms with Crippen molar-refractivity contribution in [1.29, 1.82) is 0 Å². The first-order chi connectivity index (χ1) is 10.3. The van der Waals surface area contributed by atoms with Crippen molar-refractivity contribution in [2.45, 2.75) is 38.8 Å². The number of hydrogen-bond donors (Lipinski definition) is 4. The molecule has 0 aliphatic heterocycles. The molecular weight excluding hydrogens is 288 g/mol. The SMILES string of the molecule is CC(C)Nc1ccc(C(=O)N[C@H](CCC(=O)O)C(=O)O)cc1. The van der Waals surface area contributed by atoms with Gasteiger partial charge >= 0.3 is 11.9 Å². The molecule has 0 saturated carbocycles. The molecule has 1 rings (SSSR count). The van der Waals surface area contributed by atoms with Gasteiger partial charge in [-0.1, -0.05) is 0 Å². The van der Waals surface area contributed by atoms with E-state index in [2.05, 4.69) is 10.6 Å². The maximum Gasteiger partial charge on any atom is 0.326 e. The Labute approximate surface area is 128 Å². The van der Waals surface area contributed by atoms with Crippen molar-refractivity contribution in [3.8, 4) is 0 Å². The first-order valence-corrected chi connectivity index (χ1v) is 6.91. The quantitative estimate of drug-likeness (QED) is 0.579. The Bertz CT molecular complexity index is 539. The summed E-state index contributed by atoms with van der Waals surface area (Å²) in [6.07, 6.45) is -0.488. The number of benzene rings is 1. The van der Waals surface area contributed by atoms with Crippen molar-refractivity contribution in [2.24, 2.45) is 0 Å². The first-order valence-electron chi connectivity index (χ1n) is 6.91. The summed E-state index contributed by atoms with van der Waals surface area (Å²) < 4.78 is 0. The predicted molar refractivity (Wildman–Crippen MR) is 81.0 cm³/mol. The number of carbonyl (C=O) groups excluding carboxylic acids is 1. The third kappa shape index (κ3) is 5.82. The summed E-state index contributed by atoms with van der Waals surface area (Å²) in [6, 6.07) is 5.64. The van der Waals surface area contributed by atoms with E-state index in [1.54, 1.807) is 24.3 Å². The molecule has 120 valence electrons. The van der Waals surface area contributed by atoms with E-state index in [9.17, 15) is 14.4 Å². The van der Waals surface area contributed by atoms with E-state index in [-0.39, 0.29) is 18.9 Å². The summed E-state index contributed by atoms with van der Waals surface area (Å²) >= 11 is 0. The molecule has 0 heterocycles. The van der Waals surface area contributed by atoms with Crippen LogP contribution in [0.15, 0.2) is 24.3 Å². The Balaban J connectivity index is 2.69. The van der Waals surface area contributed by atoms with Crippen LogP contribution < -0.4 is 10.6 Å². The molecule has 0 aliphatic rings. The van der Waals surface area contributed by atoms with Crippen LogP contribution in [0, 0.1) is 0 Å². The zero-order chi connectivity index (χ0) is 16.7. The molecule has 1 aromatic rings. The van der Waals surface area contributed by atoms with E-state index in [1.165, 1.54) is 0 Å². The second kappa shape index (κ2) is 8.02. The summed E-state index contributed by atoms with van der Waals surface area (Å²) in [5.41, 5.74) is 1.17. The Morgan fingerprint density at radius 2 is 1.68 bits per heavy atom. The average molecular weight is 308 g/mol. The van der Waals surface area contributed by atoms with Crippen LogP contribution in [0.1, 0.15) is 37.0 Å². The van der Waals surface area contributed by atoms with Crippen LogP contribution in [0.4, 0.5) is 5.69 Å². The Hall–Kier alpha value is -2.57. The number of carboxylic acid groups (broad SMARTS) is 2. The fourth-order valence-electron chi connectivity index (χ4n) is 1.82. The molecule has 0 aromatic heterocycles. The molecule has 1 amide bonds. The van der Waals surface area contributed by atoms with Crippen molar-refractivity contribution in [3.63, 3.8) is 0 Å². The van der Waals surface area contributed by atoms with Crippen LogP contribution in [-0.2, 0) is 9.59 Å². The molecule has 7 heteroatoms. The van der Waals surface area contributed by atoms with Gasteiger partial charge in [0.05, 0.1) is 0 Å². The zero-order valence-electron chi connectivity index (χ0n) is 12.5. The monoisotopic (exact) mass is 308 g/mol. The largest absolute Gasteiger partial charge is 0.481 e. The van der Waals surface area contributed by atoms with Gasteiger partial charge in [-0.3, -0.25) is 9.59 Å². The van der Waals surface area contributed by atoms with Crippen LogP contribution in [-0.4, -0.2) is 40.1 Å². The fraction of sp³-hybridized carbons (Fsp3) is 0.400.